The number of nitrogens with zero attached hydrogens (tertiary/aromatic N) is 1. The molecular weight excluding hydrogens is 397 g/mol. The van der Waals surface area contributed by atoms with E-state index in [2.05, 4.69) is 36.4 Å². The number of carbonyl (C=O) groups is 1. The predicted octanol–water partition coefficient (Wildman–Crippen LogP) is 5.38. The van der Waals surface area contributed by atoms with Crippen LogP contribution in [0.5, 0.6) is 0 Å². The molecule has 5 nitrogen and oxygen atoms in total. The van der Waals surface area contributed by atoms with Crippen LogP contribution < -0.4 is 10.6 Å². The zero-order valence-electron chi connectivity index (χ0n) is 15.2. The lowest BCUT2D eigenvalue weighted by Crippen LogP contribution is -2.51. The third-order valence-corrected chi connectivity index (χ3v) is 5.42. The van der Waals surface area contributed by atoms with Crippen molar-refractivity contribution in [3.05, 3.63) is 24.4 Å². The third-order valence-electron chi connectivity index (χ3n) is 4.77. The molecule has 1 aliphatic rings. The van der Waals surface area contributed by atoms with Gasteiger partial charge in [0, 0.05) is 6.20 Å². The second-order valence-electron chi connectivity index (χ2n) is 7.25. The number of rotatable bonds is 5. The number of hydrogen-bond acceptors (Lipinski definition) is 4. The second-order valence-corrected chi connectivity index (χ2v) is 9.62. The molecule has 0 unspecified atom stereocenters. The van der Waals surface area contributed by atoms with Gasteiger partial charge in [0.05, 0.1) is 0 Å². The van der Waals surface area contributed by atoms with Crippen molar-refractivity contribution in [2.75, 3.05) is 5.32 Å². The summed E-state index contributed by atoms with van der Waals surface area (Å²) in [6.45, 7) is 6.49. The Hall–Kier alpha value is -0.910. The van der Waals surface area contributed by atoms with Crippen molar-refractivity contribution in [1.29, 1.82) is 0 Å². The number of anilines is 1. The van der Waals surface area contributed by atoms with E-state index in [9.17, 15) is 4.79 Å². The average Bonchev–Trinajstić information content (AvgIpc) is 2.54. The van der Waals surface area contributed by atoms with Gasteiger partial charge >= 0.3 is 6.09 Å². The van der Waals surface area contributed by atoms with Crippen LogP contribution in [0.25, 0.3) is 0 Å². The van der Waals surface area contributed by atoms with Crippen molar-refractivity contribution >= 4 is 46.7 Å². The Morgan fingerprint density at radius 2 is 2.04 bits per heavy atom. The van der Waals surface area contributed by atoms with E-state index < -0.39 is 16.1 Å². The van der Waals surface area contributed by atoms with Crippen LogP contribution in [-0.2, 0) is 4.74 Å². The molecule has 0 aliphatic heterocycles. The van der Waals surface area contributed by atoms with Gasteiger partial charge in [-0.25, -0.2) is 9.78 Å². The lowest BCUT2D eigenvalue weighted by Gasteiger charge is -2.37. The molecule has 1 amide bonds. The summed E-state index contributed by atoms with van der Waals surface area (Å²) in [5.74, 6) is 1.79. The van der Waals surface area contributed by atoms with Gasteiger partial charge in [-0.05, 0) is 42.7 Å². The number of aromatic nitrogens is 1. The van der Waals surface area contributed by atoms with Gasteiger partial charge in [-0.1, -0.05) is 68.1 Å². The van der Waals surface area contributed by atoms with Crippen LogP contribution >= 0.6 is 34.8 Å². The van der Waals surface area contributed by atoms with Crippen molar-refractivity contribution in [2.45, 2.75) is 56.1 Å². The molecule has 0 spiro atoms. The minimum absolute atomic E-state index is 0.135. The monoisotopic (exact) mass is 421 g/mol. The van der Waals surface area contributed by atoms with Crippen LogP contribution in [0.1, 0.15) is 40.0 Å². The van der Waals surface area contributed by atoms with Crippen LogP contribution in [0, 0.1) is 17.8 Å². The molecule has 2 rings (SSSR count). The Balaban J connectivity index is 2.01. The number of carbonyl (C=O) groups excluding carboxylic acids is 1. The molecule has 0 aromatic carbocycles. The summed E-state index contributed by atoms with van der Waals surface area (Å²) in [5, 5.41) is 5.53. The van der Waals surface area contributed by atoms with Crippen LogP contribution in [-0.4, -0.2) is 27.1 Å². The Bertz CT molecular complexity index is 581. The summed E-state index contributed by atoms with van der Waals surface area (Å²) < 4.78 is 3.94. The van der Waals surface area contributed by atoms with Gasteiger partial charge in [-0.3, -0.25) is 5.32 Å². The van der Waals surface area contributed by atoms with E-state index in [1.54, 1.807) is 24.4 Å². The normalized spacial score (nSPS) is 24.8. The maximum Gasteiger partial charge on any atom is 0.409 e. The number of nitrogens with one attached hydrogen (secondary N) is 2. The molecule has 2 N–H and O–H groups in total. The first-order valence-electron chi connectivity index (χ1n) is 8.88. The molecule has 1 saturated carbocycles. The Morgan fingerprint density at radius 3 is 2.62 bits per heavy atom. The van der Waals surface area contributed by atoms with Gasteiger partial charge in [0.2, 0.25) is 3.79 Å². The van der Waals surface area contributed by atoms with Crippen molar-refractivity contribution < 1.29 is 9.53 Å². The standard InChI is InChI=1S/C18H26Cl3N3O2/c1-11(2)13-8-7-12(3)10-14(13)26-17(25)24-16(18(19,20)21)23-15-6-4-5-9-22-15/h4-6,9,11-14,16H,7-8,10H2,1-3H3,(H,22,23)(H,24,25)/t12-,13-,14+,16-/m1/s1. The number of alkyl carbamates (subject to hydrolysis) is 1. The van der Waals surface area contributed by atoms with Gasteiger partial charge < -0.3 is 10.1 Å². The molecule has 0 radical (unpaired) electrons. The molecule has 1 aromatic rings. The number of pyridine rings is 1. The van der Waals surface area contributed by atoms with E-state index in [0.717, 1.165) is 19.3 Å². The molecule has 4 atom stereocenters. The van der Waals surface area contributed by atoms with Crippen LogP contribution in [0.2, 0.25) is 0 Å². The maximum absolute atomic E-state index is 12.5. The average molecular weight is 423 g/mol. The molecular formula is C18H26Cl3N3O2. The molecule has 1 fully saturated rings. The van der Waals surface area contributed by atoms with Crippen molar-refractivity contribution in [3.63, 3.8) is 0 Å². The number of hydrogen-bond donors (Lipinski definition) is 2. The highest BCUT2D eigenvalue weighted by atomic mass is 35.6. The first kappa shape index (κ1) is 21.4. The summed E-state index contributed by atoms with van der Waals surface area (Å²) in [4.78, 5) is 16.6. The number of ether oxygens (including phenoxy) is 1. The summed E-state index contributed by atoms with van der Waals surface area (Å²) in [6, 6.07) is 5.28. The molecule has 26 heavy (non-hydrogen) atoms. The van der Waals surface area contributed by atoms with Gasteiger partial charge in [-0.2, -0.15) is 0 Å². The van der Waals surface area contributed by atoms with E-state index in [-0.39, 0.29) is 6.10 Å². The summed E-state index contributed by atoms with van der Waals surface area (Å²) >= 11 is 18.0. The van der Waals surface area contributed by atoms with Crippen LogP contribution in [0.3, 0.4) is 0 Å². The molecule has 146 valence electrons. The molecule has 1 aliphatic carbocycles. The number of halogens is 3. The topological polar surface area (TPSA) is 63.2 Å². The quantitative estimate of drug-likeness (QED) is 0.494. The highest BCUT2D eigenvalue weighted by Crippen LogP contribution is 2.36. The first-order valence-corrected chi connectivity index (χ1v) is 10.0. The van der Waals surface area contributed by atoms with Crippen molar-refractivity contribution in [3.8, 4) is 0 Å². The number of alkyl halides is 3. The fourth-order valence-corrected chi connectivity index (χ4v) is 3.66. The summed E-state index contributed by atoms with van der Waals surface area (Å²) in [5.41, 5.74) is 0. The lowest BCUT2D eigenvalue weighted by molar-refractivity contribution is 0.00534. The molecule has 8 heteroatoms. The number of amides is 1. The summed E-state index contributed by atoms with van der Waals surface area (Å²) in [7, 11) is 0. The van der Waals surface area contributed by atoms with Gasteiger partial charge in [-0.15, -0.1) is 0 Å². The fraction of sp³-hybridized carbons (Fsp3) is 0.667. The smallest absolute Gasteiger partial charge is 0.409 e. The highest BCUT2D eigenvalue weighted by molar-refractivity contribution is 6.68. The zero-order valence-corrected chi connectivity index (χ0v) is 17.5. The molecule has 0 saturated heterocycles. The van der Waals surface area contributed by atoms with Crippen LogP contribution in [0.4, 0.5) is 10.6 Å². The first-order chi connectivity index (χ1) is 12.2. The zero-order chi connectivity index (χ0) is 19.3. The highest BCUT2D eigenvalue weighted by Gasteiger charge is 2.37. The summed E-state index contributed by atoms with van der Waals surface area (Å²) in [6.07, 6.45) is 2.95. The van der Waals surface area contributed by atoms with Gasteiger partial charge in [0.1, 0.15) is 11.9 Å². The van der Waals surface area contributed by atoms with E-state index in [1.165, 1.54) is 0 Å². The Kier molecular flexibility index (Phi) is 7.68. The minimum Gasteiger partial charge on any atom is -0.446 e. The van der Waals surface area contributed by atoms with Gasteiger partial charge in [0.25, 0.3) is 0 Å². The molecule has 1 heterocycles. The third kappa shape index (κ3) is 6.36. The minimum atomic E-state index is -1.77. The lowest BCUT2D eigenvalue weighted by atomic mass is 9.75. The van der Waals surface area contributed by atoms with Crippen LogP contribution in [0.15, 0.2) is 24.4 Å². The largest absolute Gasteiger partial charge is 0.446 e. The molecule has 1 aromatic heterocycles. The second kappa shape index (κ2) is 9.34. The van der Waals surface area contributed by atoms with E-state index in [0.29, 0.717) is 23.6 Å². The SMILES string of the molecule is CC(C)[C@H]1CC[C@@H](C)C[C@@H]1OC(=O)N[C@@H](Nc1ccccn1)C(Cl)(Cl)Cl. The van der Waals surface area contributed by atoms with Gasteiger partial charge in [0.15, 0.2) is 6.17 Å². The Labute approximate surface area is 170 Å². The van der Waals surface area contributed by atoms with E-state index in [1.807, 2.05) is 0 Å². The van der Waals surface area contributed by atoms with E-state index >= 15 is 0 Å². The Morgan fingerprint density at radius 1 is 1.31 bits per heavy atom. The van der Waals surface area contributed by atoms with E-state index in [4.69, 9.17) is 39.5 Å². The maximum atomic E-state index is 12.5. The van der Waals surface area contributed by atoms with Crippen molar-refractivity contribution in [1.82, 2.24) is 10.3 Å². The van der Waals surface area contributed by atoms with Crippen molar-refractivity contribution in [2.24, 2.45) is 17.8 Å². The molecule has 0 bridgehead atoms. The predicted molar refractivity (Wildman–Crippen MR) is 107 cm³/mol. The fourth-order valence-electron chi connectivity index (χ4n) is 3.34.